The zero-order valence-corrected chi connectivity index (χ0v) is 7.68. The van der Waals surface area contributed by atoms with E-state index in [4.69, 9.17) is 0 Å². The molecule has 0 fully saturated rings. The van der Waals surface area contributed by atoms with E-state index in [1.54, 1.807) is 23.1 Å². The first-order valence-electron chi connectivity index (χ1n) is 2.89. The molecule has 0 aliphatic carbocycles. The summed E-state index contributed by atoms with van der Waals surface area (Å²) >= 11 is 3.37. The molecule has 0 unspecified atom stereocenters. The largest absolute Gasteiger partial charge is 0.237 e. The molecule has 3 heteroatoms. The molecule has 0 saturated heterocycles. The van der Waals surface area contributed by atoms with Crippen LogP contribution in [0.2, 0.25) is 0 Å². The molecular formula is C7H9NS2. The SMILES string of the molecule is C=C(C)c1cnc(SC)s1. The zero-order chi connectivity index (χ0) is 7.56. The molecule has 1 aromatic heterocycles. The van der Waals surface area contributed by atoms with Crippen molar-refractivity contribution in [3.63, 3.8) is 0 Å². The van der Waals surface area contributed by atoms with Gasteiger partial charge in [-0.25, -0.2) is 4.98 Å². The molecule has 0 spiro atoms. The molecule has 1 aromatic rings. The van der Waals surface area contributed by atoms with Gasteiger partial charge in [0.25, 0.3) is 0 Å². The van der Waals surface area contributed by atoms with Crippen molar-refractivity contribution in [2.45, 2.75) is 11.3 Å². The molecule has 0 aliphatic heterocycles. The lowest BCUT2D eigenvalue weighted by Gasteiger charge is -1.86. The normalized spacial score (nSPS) is 9.80. The Hall–Kier alpha value is -0.280. The summed E-state index contributed by atoms with van der Waals surface area (Å²) in [7, 11) is 0. The monoisotopic (exact) mass is 171 g/mol. The minimum absolute atomic E-state index is 1.10. The average molecular weight is 171 g/mol. The summed E-state index contributed by atoms with van der Waals surface area (Å²) in [6.07, 6.45) is 3.90. The van der Waals surface area contributed by atoms with E-state index in [2.05, 4.69) is 11.6 Å². The maximum Gasteiger partial charge on any atom is 0.150 e. The molecule has 0 atom stereocenters. The highest BCUT2D eigenvalue weighted by Gasteiger charge is 1.99. The van der Waals surface area contributed by atoms with Gasteiger partial charge in [0, 0.05) is 6.20 Å². The molecule has 0 amide bonds. The summed E-state index contributed by atoms with van der Waals surface area (Å²) in [5.41, 5.74) is 1.10. The second-order valence-corrected chi connectivity index (χ2v) is 4.06. The molecule has 0 saturated carbocycles. The fourth-order valence-electron chi connectivity index (χ4n) is 0.550. The van der Waals surface area contributed by atoms with E-state index < -0.39 is 0 Å². The molecule has 0 radical (unpaired) electrons. The number of allylic oxidation sites excluding steroid dienone is 1. The van der Waals surface area contributed by atoms with Gasteiger partial charge < -0.3 is 0 Å². The minimum Gasteiger partial charge on any atom is -0.237 e. The Balaban J connectivity index is 2.88. The number of nitrogens with zero attached hydrogens (tertiary/aromatic N) is 1. The van der Waals surface area contributed by atoms with Gasteiger partial charge in [-0.05, 0) is 18.8 Å². The molecule has 1 heterocycles. The fourth-order valence-corrected chi connectivity index (χ4v) is 1.88. The van der Waals surface area contributed by atoms with E-state index in [9.17, 15) is 0 Å². The molecule has 0 aliphatic rings. The van der Waals surface area contributed by atoms with Gasteiger partial charge in [0.1, 0.15) is 4.34 Å². The van der Waals surface area contributed by atoms with Crippen LogP contribution < -0.4 is 0 Å². The van der Waals surface area contributed by atoms with Crippen LogP contribution in [0.5, 0.6) is 0 Å². The standard InChI is InChI=1S/C7H9NS2/c1-5(2)6-4-8-7(9-3)10-6/h4H,1H2,2-3H3. The molecule has 1 rings (SSSR count). The summed E-state index contributed by atoms with van der Waals surface area (Å²) < 4.78 is 1.11. The maximum absolute atomic E-state index is 4.18. The summed E-state index contributed by atoms with van der Waals surface area (Å²) in [6.45, 7) is 5.83. The van der Waals surface area contributed by atoms with Crippen molar-refractivity contribution in [1.29, 1.82) is 0 Å². The van der Waals surface area contributed by atoms with Crippen molar-refractivity contribution in [2.24, 2.45) is 0 Å². The third-order valence-corrected chi connectivity index (χ3v) is 3.24. The van der Waals surface area contributed by atoms with Crippen LogP contribution in [-0.2, 0) is 0 Å². The lowest BCUT2D eigenvalue weighted by atomic mass is 10.3. The third-order valence-electron chi connectivity index (χ3n) is 1.08. The number of hydrogen-bond donors (Lipinski definition) is 0. The quantitative estimate of drug-likeness (QED) is 0.635. The first kappa shape index (κ1) is 7.82. The van der Waals surface area contributed by atoms with Crippen LogP contribution >= 0.6 is 23.1 Å². The van der Waals surface area contributed by atoms with E-state index in [0.29, 0.717) is 0 Å². The average Bonchev–Trinajstić information content (AvgIpc) is 2.34. The van der Waals surface area contributed by atoms with Crippen LogP contribution in [0, 0.1) is 0 Å². The summed E-state index contributed by atoms with van der Waals surface area (Å²) in [5.74, 6) is 0. The van der Waals surface area contributed by atoms with E-state index in [0.717, 1.165) is 9.91 Å². The van der Waals surface area contributed by atoms with Gasteiger partial charge in [-0.1, -0.05) is 18.3 Å². The van der Waals surface area contributed by atoms with Gasteiger partial charge >= 0.3 is 0 Å². The Morgan fingerprint density at radius 2 is 2.50 bits per heavy atom. The second-order valence-electron chi connectivity index (χ2n) is 1.97. The molecule has 54 valence electrons. The Morgan fingerprint density at radius 3 is 2.80 bits per heavy atom. The van der Waals surface area contributed by atoms with Crippen LogP contribution in [0.1, 0.15) is 11.8 Å². The Bertz CT molecular complexity index is 240. The maximum atomic E-state index is 4.18. The van der Waals surface area contributed by atoms with E-state index in [-0.39, 0.29) is 0 Å². The Labute approximate surface area is 69.2 Å². The topological polar surface area (TPSA) is 12.9 Å². The highest BCUT2D eigenvalue weighted by atomic mass is 32.2. The van der Waals surface area contributed by atoms with Crippen molar-refractivity contribution in [3.8, 4) is 0 Å². The van der Waals surface area contributed by atoms with E-state index in [1.807, 2.05) is 19.4 Å². The van der Waals surface area contributed by atoms with Crippen LogP contribution in [-0.4, -0.2) is 11.2 Å². The van der Waals surface area contributed by atoms with E-state index >= 15 is 0 Å². The van der Waals surface area contributed by atoms with Crippen LogP contribution in [0.25, 0.3) is 5.57 Å². The highest BCUT2D eigenvalue weighted by molar-refractivity contribution is 8.00. The van der Waals surface area contributed by atoms with Crippen molar-refractivity contribution in [3.05, 3.63) is 17.7 Å². The van der Waals surface area contributed by atoms with Gasteiger partial charge in [-0.3, -0.25) is 0 Å². The smallest absolute Gasteiger partial charge is 0.150 e. The summed E-state index contributed by atoms with van der Waals surface area (Å²) in [6, 6.07) is 0. The summed E-state index contributed by atoms with van der Waals surface area (Å²) in [5, 5.41) is 0. The third kappa shape index (κ3) is 1.61. The van der Waals surface area contributed by atoms with Crippen molar-refractivity contribution in [2.75, 3.05) is 6.26 Å². The molecule has 0 N–H and O–H groups in total. The van der Waals surface area contributed by atoms with Crippen LogP contribution in [0.4, 0.5) is 0 Å². The molecule has 0 bridgehead atoms. The number of aromatic nitrogens is 1. The minimum atomic E-state index is 1.10. The number of thioether (sulfide) groups is 1. The second kappa shape index (κ2) is 3.21. The van der Waals surface area contributed by atoms with Crippen molar-refractivity contribution in [1.82, 2.24) is 4.98 Å². The zero-order valence-electron chi connectivity index (χ0n) is 6.05. The van der Waals surface area contributed by atoms with E-state index in [1.165, 1.54) is 4.88 Å². The lowest BCUT2D eigenvalue weighted by molar-refractivity contribution is 1.25. The predicted molar refractivity (Wildman–Crippen MR) is 48.6 cm³/mol. The predicted octanol–water partition coefficient (Wildman–Crippen LogP) is 2.90. The van der Waals surface area contributed by atoms with Gasteiger partial charge in [0.2, 0.25) is 0 Å². The van der Waals surface area contributed by atoms with Crippen LogP contribution in [0.15, 0.2) is 17.1 Å². The number of rotatable bonds is 2. The molecular weight excluding hydrogens is 162 g/mol. The van der Waals surface area contributed by atoms with Gasteiger partial charge in [0.05, 0.1) is 4.88 Å². The van der Waals surface area contributed by atoms with Crippen molar-refractivity contribution < 1.29 is 0 Å². The van der Waals surface area contributed by atoms with Gasteiger partial charge in [-0.15, -0.1) is 11.3 Å². The Kier molecular flexibility index (Phi) is 2.51. The van der Waals surface area contributed by atoms with Crippen LogP contribution in [0.3, 0.4) is 0 Å². The molecule has 0 aromatic carbocycles. The highest BCUT2D eigenvalue weighted by Crippen LogP contribution is 2.25. The first-order valence-corrected chi connectivity index (χ1v) is 4.94. The molecule has 10 heavy (non-hydrogen) atoms. The Morgan fingerprint density at radius 1 is 1.80 bits per heavy atom. The van der Waals surface area contributed by atoms with Crippen molar-refractivity contribution >= 4 is 28.7 Å². The number of thiazole rings is 1. The fraction of sp³-hybridized carbons (Fsp3) is 0.286. The lowest BCUT2D eigenvalue weighted by Crippen LogP contribution is -1.63. The first-order chi connectivity index (χ1) is 4.74. The number of hydrogen-bond acceptors (Lipinski definition) is 3. The van der Waals surface area contributed by atoms with Gasteiger partial charge in [0.15, 0.2) is 0 Å². The summed E-state index contributed by atoms with van der Waals surface area (Å²) in [4.78, 5) is 5.36. The molecule has 1 nitrogen and oxygen atoms in total. The van der Waals surface area contributed by atoms with Gasteiger partial charge in [-0.2, -0.15) is 0 Å².